The lowest BCUT2D eigenvalue weighted by atomic mass is 10.0. The summed E-state index contributed by atoms with van der Waals surface area (Å²) >= 11 is 0. The van der Waals surface area contributed by atoms with Gasteiger partial charge in [-0.15, -0.1) is 0 Å². The second-order valence-electron chi connectivity index (χ2n) is 3.84. The van der Waals surface area contributed by atoms with Gasteiger partial charge in [-0.05, 0) is 23.8 Å². The average Bonchev–Trinajstić information content (AvgIpc) is 2.40. The van der Waals surface area contributed by atoms with Crippen LogP contribution < -0.4 is 4.74 Å². The molecule has 0 bridgehead atoms. The lowest BCUT2D eigenvalue weighted by Crippen LogP contribution is -1.92. The van der Waals surface area contributed by atoms with Gasteiger partial charge in [0.2, 0.25) is 0 Å². The zero-order valence-electron chi connectivity index (χ0n) is 9.98. The maximum Gasteiger partial charge on any atom is 0.131 e. The Labute approximate surface area is 105 Å². The minimum absolute atomic E-state index is 0.242. The first-order chi connectivity index (χ1) is 8.76. The Morgan fingerprint density at radius 1 is 1.22 bits per heavy atom. The summed E-state index contributed by atoms with van der Waals surface area (Å²) in [6.07, 6.45) is 0.242. The first-order valence-corrected chi connectivity index (χ1v) is 5.55. The molecule has 0 aliphatic rings. The number of nitriles is 1. The lowest BCUT2D eigenvalue weighted by Gasteiger charge is -2.09. The molecule has 0 saturated carbocycles. The van der Waals surface area contributed by atoms with Crippen LogP contribution in [0.2, 0.25) is 0 Å². The van der Waals surface area contributed by atoms with Crippen LogP contribution in [-0.4, -0.2) is 7.11 Å². The molecular formula is C15H12FNO. The predicted octanol–water partition coefficient (Wildman–Crippen LogP) is 3.57. The van der Waals surface area contributed by atoms with Crippen molar-refractivity contribution >= 4 is 0 Å². The largest absolute Gasteiger partial charge is 0.496 e. The Balaban J connectivity index is 2.51. The minimum Gasteiger partial charge on any atom is -0.496 e. The zero-order chi connectivity index (χ0) is 13.0. The van der Waals surface area contributed by atoms with Crippen molar-refractivity contribution in [3.63, 3.8) is 0 Å². The van der Waals surface area contributed by atoms with Crippen molar-refractivity contribution in [1.82, 2.24) is 0 Å². The number of hydrogen-bond acceptors (Lipinski definition) is 2. The quantitative estimate of drug-likeness (QED) is 0.823. The second-order valence-corrected chi connectivity index (χ2v) is 3.84. The van der Waals surface area contributed by atoms with Gasteiger partial charge < -0.3 is 4.74 Å². The summed E-state index contributed by atoms with van der Waals surface area (Å²) in [5, 5.41) is 8.78. The molecule has 0 radical (unpaired) electrons. The van der Waals surface area contributed by atoms with Crippen LogP contribution in [0.3, 0.4) is 0 Å². The van der Waals surface area contributed by atoms with Gasteiger partial charge in [-0.2, -0.15) is 5.26 Å². The first-order valence-electron chi connectivity index (χ1n) is 5.55. The van der Waals surface area contributed by atoms with Crippen molar-refractivity contribution in [3.05, 3.63) is 53.8 Å². The molecule has 2 rings (SSSR count). The molecule has 18 heavy (non-hydrogen) atoms. The van der Waals surface area contributed by atoms with Crippen LogP contribution in [-0.2, 0) is 6.42 Å². The predicted molar refractivity (Wildman–Crippen MR) is 67.7 cm³/mol. The highest BCUT2D eigenvalue weighted by Gasteiger charge is 2.08. The highest BCUT2D eigenvalue weighted by atomic mass is 19.1. The summed E-state index contributed by atoms with van der Waals surface area (Å²) in [6, 6.07) is 14.0. The number of ether oxygens (including phenoxy) is 1. The molecule has 3 heteroatoms. The van der Waals surface area contributed by atoms with E-state index in [2.05, 4.69) is 6.07 Å². The molecule has 0 fully saturated rings. The van der Waals surface area contributed by atoms with Crippen molar-refractivity contribution in [3.8, 4) is 22.9 Å². The normalized spacial score (nSPS) is 9.83. The number of rotatable bonds is 3. The third-order valence-electron chi connectivity index (χ3n) is 2.73. The fourth-order valence-electron chi connectivity index (χ4n) is 1.86. The molecule has 90 valence electrons. The van der Waals surface area contributed by atoms with E-state index in [-0.39, 0.29) is 12.2 Å². The van der Waals surface area contributed by atoms with E-state index in [0.29, 0.717) is 11.3 Å². The van der Waals surface area contributed by atoms with Crippen LogP contribution in [0.5, 0.6) is 5.75 Å². The average molecular weight is 241 g/mol. The van der Waals surface area contributed by atoms with Crippen LogP contribution in [0.1, 0.15) is 5.56 Å². The van der Waals surface area contributed by atoms with Crippen LogP contribution >= 0.6 is 0 Å². The van der Waals surface area contributed by atoms with E-state index in [4.69, 9.17) is 10.00 Å². The molecule has 0 spiro atoms. The summed E-state index contributed by atoms with van der Waals surface area (Å²) in [7, 11) is 1.55. The lowest BCUT2D eigenvalue weighted by molar-refractivity contribution is 0.411. The zero-order valence-corrected chi connectivity index (χ0v) is 9.98. The second kappa shape index (κ2) is 5.33. The number of hydrogen-bond donors (Lipinski definition) is 0. The van der Waals surface area contributed by atoms with Crippen LogP contribution in [0.15, 0.2) is 42.5 Å². The van der Waals surface area contributed by atoms with Crippen LogP contribution in [0.25, 0.3) is 11.1 Å². The van der Waals surface area contributed by atoms with Crippen molar-refractivity contribution in [2.45, 2.75) is 6.42 Å². The first kappa shape index (κ1) is 12.1. The third kappa shape index (κ3) is 2.33. The highest BCUT2D eigenvalue weighted by Crippen LogP contribution is 2.28. The van der Waals surface area contributed by atoms with Gasteiger partial charge in [-0.1, -0.05) is 24.3 Å². The van der Waals surface area contributed by atoms with E-state index >= 15 is 0 Å². The van der Waals surface area contributed by atoms with Crippen molar-refractivity contribution < 1.29 is 9.13 Å². The Kier molecular flexibility index (Phi) is 3.59. The molecule has 0 aliphatic carbocycles. The molecule has 0 heterocycles. The third-order valence-corrected chi connectivity index (χ3v) is 2.73. The molecule has 0 aliphatic heterocycles. The van der Waals surface area contributed by atoms with Gasteiger partial charge in [-0.25, -0.2) is 4.39 Å². The topological polar surface area (TPSA) is 33.0 Å². The smallest absolute Gasteiger partial charge is 0.131 e. The van der Waals surface area contributed by atoms with Crippen molar-refractivity contribution in [2.24, 2.45) is 0 Å². The van der Waals surface area contributed by atoms with Crippen molar-refractivity contribution in [2.75, 3.05) is 7.11 Å². The summed E-state index contributed by atoms with van der Waals surface area (Å²) in [4.78, 5) is 0. The Morgan fingerprint density at radius 2 is 2.00 bits per heavy atom. The molecule has 0 aromatic heterocycles. The van der Waals surface area contributed by atoms with E-state index in [1.165, 1.54) is 6.07 Å². The maximum absolute atomic E-state index is 13.7. The van der Waals surface area contributed by atoms with Gasteiger partial charge in [0.25, 0.3) is 0 Å². The number of nitrogens with zero attached hydrogens (tertiary/aromatic N) is 1. The van der Waals surface area contributed by atoms with E-state index in [9.17, 15) is 4.39 Å². The van der Waals surface area contributed by atoms with Crippen LogP contribution in [0.4, 0.5) is 4.39 Å². The monoisotopic (exact) mass is 241 g/mol. The minimum atomic E-state index is -0.273. The van der Waals surface area contributed by atoms with Gasteiger partial charge in [-0.3, -0.25) is 0 Å². The summed E-state index contributed by atoms with van der Waals surface area (Å²) < 4.78 is 18.9. The standard InChI is InChI=1S/C15H12FNO/c1-18-15-7-6-11(10-12(15)8-9-17)13-4-2-3-5-14(13)16/h2-7,10H,8H2,1H3. The van der Waals surface area contributed by atoms with Gasteiger partial charge >= 0.3 is 0 Å². The molecule has 2 aromatic rings. The fourth-order valence-corrected chi connectivity index (χ4v) is 1.86. The van der Waals surface area contributed by atoms with Crippen LogP contribution in [0, 0.1) is 17.1 Å². The summed E-state index contributed by atoms with van der Waals surface area (Å²) in [6.45, 7) is 0. The Hall–Kier alpha value is -2.34. The number of methoxy groups -OCH3 is 1. The number of halogens is 1. The molecule has 2 nitrogen and oxygen atoms in total. The van der Waals surface area contributed by atoms with E-state index in [1.54, 1.807) is 43.5 Å². The van der Waals surface area contributed by atoms with E-state index in [0.717, 1.165) is 11.1 Å². The number of benzene rings is 2. The SMILES string of the molecule is COc1ccc(-c2ccccc2F)cc1CC#N. The Bertz CT molecular complexity index is 602. The van der Waals surface area contributed by atoms with Gasteiger partial charge in [0.05, 0.1) is 19.6 Å². The maximum atomic E-state index is 13.7. The van der Waals surface area contributed by atoms with Gasteiger partial charge in [0.1, 0.15) is 11.6 Å². The van der Waals surface area contributed by atoms with Gasteiger partial charge in [0, 0.05) is 11.1 Å². The van der Waals surface area contributed by atoms with Gasteiger partial charge in [0.15, 0.2) is 0 Å². The Morgan fingerprint density at radius 3 is 2.67 bits per heavy atom. The highest BCUT2D eigenvalue weighted by molar-refractivity contribution is 5.66. The summed E-state index contributed by atoms with van der Waals surface area (Å²) in [5.41, 5.74) is 2.04. The molecule has 0 unspecified atom stereocenters. The molecule has 0 N–H and O–H groups in total. The molecule has 0 saturated heterocycles. The molecule has 2 aromatic carbocycles. The van der Waals surface area contributed by atoms with Crippen molar-refractivity contribution in [1.29, 1.82) is 5.26 Å². The molecule has 0 amide bonds. The summed E-state index contributed by atoms with van der Waals surface area (Å²) in [5.74, 6) is 0.377. The fraction of sp³-hybridized carbons (Fsp3) is 0.133. The van der Waals surface area contributed by atoms with E-state index in [1.807, 2.05) is 0 Å². The molecular weight excluding hydrogens is 229 g/mol. The molecule has 0 atom stereocenters. The van der Waals surface area contributed by atoms with E-state index < -0.39 is 0 Å².